The molecule has 1 heterocycles. The lowest BCUT2D eigenvalue weighted by Crippen LogP contribution is -2.26. The van der Waals surface area contributed by atoms with E-state index >= 15 is 0 Å². The topological polar surface area (TPSA) is 57.8 Å². The first-order chi connectivity index (χ1) is 6.96. The second kappa shape index (κ2) is 4.33. The minimum Gasteiger partial charge on any atom is -0.352 e. The maximum atomic E-state index is 12.3. The molecule has 0 aliphatic rings. The molecule has 84 valence electrons. The van der Waals surface area contributed by atoms with Crippen LogP contribution in [0.25, 0.3) is 0 Å². The summed E-state index contributed by atoms with van der Waals surface area (Å²) in [5, 5.41) is 7.33. The molecule has 0 spiro atoms. The lowest BCUT2D eigenvalue weighted by molar-refractivity contribution is -0.141. The van der Waals surface area contributed by atoms with Crippen LogP contribution in [0, 0.1) is 0 Å². The normalized spacial score (nSPS) is 11.5. The third-order valence-corrected chi connectivity index (χ3v) is 1.70. The fraction of sp³-hybridized carbons (Fsp3) is 0.500. The van der Waals surface area contributed by atoms with Gasteiger partial charge in [-0.25, -0.2) is 0 Å². The zero-order valence-corrected chi connectivity index (χ0v) is 7.98. The molecule has 0 aromatic carbocycles. The highest BCUT2D eigenvalue weighted by Gasteiger charge is 2.37. The number of nitrogens with zero attached hydrogens (tertiary/aromatic N) is 1. The summed E-state index contributed by atoms with van der Waals surface area (Å²) in [5.74, 6) is -0.766. The number of halogens is 3. The smallest absolute Gasteiger partial charge is 0.352 e. The zero-order chi connectivity index (χ0) is 11.5. The van der Waals surface area contributed by atoms with Gasteiger partial charge in [-0.2, -0.15) is 18.3 Å². The monoisotopic (exact) mass is 221 g/mol. The molecule has 0 atom stereocenters. The summed E-state index contributed by atoms with van der Waals surface area (Å²) in [7, 11) is 0. The number of carbonyl (C=O) groups excluding carboxylic acids is 1. The second-order valence-electron chi connectivity index (χ2n) is 2.91. The van der Waals surface area contributed by atoms with E-state index in [9.17, 15) is 18.0 Å². The van der Waals surface area contributed by atoms with E-state index in [4.69, 9.17) is 0 Å². The lowest BCUT2D eigenvalue weighted by Gasteiger charge is -2.06. The van der Waals surface area contributed by atoms with Crippen LogP contribution in [0.4, 0.5) is 13.2 Å². The fourth-order valence-corrected chi connectivity index (χ4v) is 1.01. The van der Waals surface area contributed by atoms with Crippen molar-refractivity contribution >= 4 is 5.91 Å². The molecular weight excluding hydrogens is 211 g/mol. The molecule has 1 amide bonds. The van der Waals surface area contributed by atoms with Crippen LogP contribution in [0.15, 0.2) is 6.20 Å². The summed E-state index contributed by atoms with van der Waals surface area (Å²) in [4.78, 5) is 11.3. The summed E-state index contributed by atoms with van der Waals surface area (Å²) in [6, 6.07) is 0. The number of aromatic amines is 1. The highest BCUT2D eigenvalue weighted by molar-refractivity contribution is 5.95. The van der Waals surface area contributed by atoms with Crippen molar-refractivity contribution in [2.45, 2.75) is 19.5 Å². The predicted molar refractivity (Wildman–Crippen MR) is 46.2 cm³/mol. The van der Waals surface area contributed by atoms with Crippen LogP contribution in [-0.4, -0.2) is 22.6 Å². The minimum atomic E-state index is -4.59. The maximum absolute atomic E-state index is 12.3. The molecule has 0 aliphatic heterocycles. The van der Waals surface area contributed by atoms with Gasteiger partial charge in [0.05, 0.1) is 11.8 Å². The van der Waals surface area contributed by atoms with Crippen molar-refractivity contribution in [2.75, 3.05) is 6.54 Å². The van der Waals surface area contributed by atoms with Gasteiger partial charge in [-0.15, -0.1) is 0 Å². The minimum absolute atomic E-state index is 0.335. The second-order valence-corrected chi connectivity index (χ2v) is 2.91. The summed E-state index contributed by atoms with van der Waals surface area (Å²) < 4.78 is 36.9. The van der Waals surface area contributed by atoms with Gasteiger partial charge >= 0.3 is 6.18 Å². The summed E-state index contributed by atoms with van der Waals surface area (Å²) in [6.07, 6.45) is -3.06. The standard InChI is InChI=1S/C8H10F3N3O/c1-2-3-12-7(15)5-4-13-14-6(5)8(9,10)11/h4H,2-3H2,1H3,(H,12,15)(H,13,14). The van der Waals surface area contributed by atoms with Crippen molar-refractivity contribution in [1.29, 1.82) is 0 Å². The zero-order valence-electron chi connectivity index (χ0n) is 7.98. The van der Waals surface area contributed by atoms with Crippen LogP contribution >= 0.6 is 0 Å². The molecule has 1 rings (SSSR count). The highest BCUT2D eigenvalue weighted by atomic mass is 19.4. The van der Waals surface area contributed by atoms with E-state index in [2.05, 4.69) is 10.4 Å². The number of carbonyl (C=O) groups is 1. The van der Waals surface area contributed by atoms with Gasteiger partial charge in [0.1, 0.15) is 0 Å². The lowest BCUT2D eigenvalue weighted by atomic mass is 10.2. The molecule has 0 saturated heterocycles. The van der Waals surface area contributed by atoms with Gasteiger partial charge in [-0.05, 0) is 6.42 Å². The van der Waals surface area contributed by atoms with Gasteiger partial charge in [-0.3, -0.25) is 9.89 Å². The van der Waals surface area contributed by atoms with E-state index < -0.39 is 23.3 Å². The molecular formula is C8H10F3N3O. The third kappa shape index (κ3) is 2.71. The van der Waals surface area contributed by atoms with Gasteiger partial charge in [0, 0.05) is 6.54 Å². The third-order valence-electron chi connectivity index (χ3n) is 1.70. The number of aromatic nitrogens is 2. The van der Waals surface area contributed by atoms with E-state index in [-0.39, 0.29) is 0 Å². The fourth-order valence-electron chi connectivity index (χ4n) is 1.01. The van der Waals surface area contributed by atoms with Gasteiger partial charge in [0.2, 0.25) is 0 Å². The van der Waals surface area contributed by atoms with Gasteiger partial charge in [-0.1, -0.05) is 6.92 Å². The molecule has 2 N–H and O–H groups in total. The van der Waals surface area contributed by atoms with E-state index in [1.807, 2.05) is 0 Å². The average Bonchev–Trinajstić information content (AvgIpc) is 2.61. The number of alkyl halides is 3. The Balaban J connectivity index is 2.86. The Bertz CT molecular complexity index is 345. The molecule has 0 fully saturated rings. The van der Waals surface area contributed by atoms with Crippen molar-refractivity contribution in [3.8, 4) is 0 Å². The van der Waals surface area contributed by atoms with Crippen molar-refractivity contribution < 1.29 is 18.0 Å². The van der Waals surface area contributed by atoms with E-state index in [1.165, 1.54) is 0 Å². The van der Waals surface area contributed by atoms with Crippen molar-refractivity contribution in [3.63, 3.8) is 0 Å². The number of hydrogen-bond donors (Lipinski definition) is 2. The summed E-state index contributed by atoms with van der Waals surface area (Å²) in [5.41, 5.74) is -1.59. The number of hydrogen-bond acceptors (Lipinski definition) is 2. The van der Waals surface area contributed by atoms with Crippen molar-refractivity contribution in [2.24, 2.45) is 0 Å². The molecule has 1 aromatic heterocycles. The van der Waals surface area contributed by atoms with Crippen LogP contribution in [0.3, 0.4) is 0 Å². The SMILES string of the molecule is CCCNC(=O)c1cn[nH]c1C(F)(F)F. The molecule has 7 heteroatoms. The first-order valence-corrected chi connectivity index (χ1v) is 4.35. The molecule has 0 aliphatic carbocycles. The Morgan fingerprint density at radius 2 is 2.27 bits per heavy atom. The number of nitrogens with one attached hydrogen (secondary N) is 2. The highest BCUT2D eigenvalue weighted by Crippen LogP contribution is 2.29. The molecule has 4 nitrogen and oxygen atoms in total. The van der Waals surface area contributed by atoms with Crippen LogP contribution in [0.2, 0.25) is 0 Å². The van der Waals surface area contributed by atoms with Crippen LogP contribution in [0.5, 0.6) is 0 Å². The first-order valence-electron chi connectivity index (χ1n) is 4.35. The van der Waals surface area contributed by atoms with Crippen molar-refractivity contribution in [1.82, 2.24) is 15.5 Å². The quantitative estimate of drug-likeness (QED) is 0.813. The molecule has 0 radical (unpaired) electrons. The van der Waals surface area contributed by atoms with Crippen LogP contribution in [-0.2, 0) is 6.18 Å². The van der Waals surface area contributed by atoms with Crippen molar-refractivity contribution in [3.05, 3.63) is 17.5 Å². The predicted octanol–water partition coefficient (Wildman–Crippen LogP) is 1.57. The maximum Gasteiger partial charge on any atom is 0.433 e. The number of H-pyrrole nitrogens is 1. The van der Waals surface area contributed by atoms with Gasteiger partial charge in [0.15, 0.2) is 5.69 Å². The Morgan fingerprint density at radius 3 is 2.80 bits per heavy atom. The van der Waals surface area contributed by atoms with Gasteiger partial charge < -0.3 is 5.32 Å². The van der Waals surface area contributed by atoms with E-state index in [0.717, 1.165) is 6.20 Å². The Morgan fingerprint density at radius 1 is 1.60 bits per heavy atom. The van der Waals surface area contributed by atoms with Crippen LogP contribution < -0.4 is 5.32 Å². The van der Waals surface area contributed by atoms with E-state index in [0.29, 0.717) is 13.0 Å². The largest absolute Gasteiger partial charge is 0.433 e. The molecule has 1 aromatic rings. The molecule has 0 bridgehead atoms. The summed E-state index contributed by atoms with van der Waals surface area (Å²) >= 11 is 0. The number of rotatable bonds is 3. The van der Waals surface area contributed by atoms with E-state index in [1.54, 1.807) is 12.0 Å². The number of amides is 1. The summed E-state index contributed by atoms with van der Waals surface area (Å²) in [6.45, 7) is 2.14. The Labute approximate surface area is 83.9 Å². The first kappa shape index (κ1) is 11.5. The molecule has 0 saturated carbocycles. The van der Waals surface area contributed by atoms with Gasteiger partial charge in [0.25, 0.3) is 5.91 Å². The van der Waals surface area contributed by atoms with Crippen LogP contribution in [0.1, 0.15) is 29.4 Å². The molecule has 15 heavy (non-hydrogen) atoms. The average molecular weight is 221 g/mol. The molecule has 0 unspecified atom stereocenters. The Hall–Kier alpha value is -1.53. The Kier molecular flexibility index (Phi) is 3.33.